The molecule has 5 rings (SSSR count). The first-order chi connectivity index (χ1) is 11.2. The highest BCUT2D eigenvalue weighted by atomic mass is 16.3. The van der Waals surface area contributed by atoms with Crippen LogP contribution in [-0.4, -0.2) is 16.5 Å². The van der Waals surface area contributed by atoms with Gasteiger partial charge in [-0.2, -0.15) is 0 Å². The number of rotatable bonds is 1. The summed E-state index contributed by atoms with van der Waals surface area (Å²) in [6, 6.07) is 0. The predicted octanol–water partition coefficient (Wildman–Crippen LogP) is 4.66. The summed E-state index contributed by atoms with van der Waals surface area (Å²) in [6.07, 6.45) is 13.3. The van der Waals surface area contributed by atoms with E-state index in [-0.39, 0.29) is 5.41 Å². The molecule has 0 bridgehead atoms. The minimum Gasteiger partial charge on any atom is -0.390 e. The lowest BCUT2D eigenvalue weighted by Gasteiger charge is -2.56. The SMILES string of the molecule is CC(=O)C1=CC[C@H]2[C@@H]3CC[C@]45C[C@](C)(O)CC[C@]4(C5)[C@H]3CC[C@]12C. The van der Waals surface area contributed by atoms with E-state index in [1.165, 1.54) is 38.5 Å². The predicted molar refractivity (Wildman–Crippen MR) is 94.4 cm³/mol. The quantitative estimate of drug-likeness (QED) is 0.760. The van der Waals surface area contributed by atoms with Gasteiger partial charge in [0.15, 0.2) is 5.78 Å². The Kier molecular flexibility index (Phi) is 2.84. The number of carbonyl (C=O) groups excluding carboxylic acids is 1. The van der Waals surface area contributed by atoms with Gasteiger partial charge in [0.1, 0.15) is 0 Å². The van der Waals surface area contributed by atoms with Crippen molar-refractivity contribution in [3.8, 4) is 0 Å². The summed E-state index contributed by atoms with van der Waals surface area (Å²) in [5.74, 6) is 2.68. The molecule has 0 aliphatic heterocycles. The Morgan fingerprint density at radius 3 is 2.62 bits per heavy atom. The van der Waals surface area contributed by atoms with Crippen LogP contribution in [0.4, 0.5) is 0 Å². The van der Waals surface area contributed by atoms with Crippen molar-refractivity contribution in [3.05, 3.63) is 11.6 Å². The molecule has 0 radical (unpaired) electrons. The number of carbonyl (C=O) groups is 1. The topological polar surface area (TPSA) is 37.3 Å². The van der Waals surface area contributed by atoms with Crippen LogP contribution in [0, 0.1) is 34.0 Å². The standard InChI is InChI=1S/C22H32O2/c1-14(23)16-4-5-17-15-6-9-21-12-19(2,24)10-11-22(21,13-21)18(15)7-8-20(16,17)3/h4,15,17-18,24H,5-13H2,1-3H3/t15-,17-,18-,19+,20+,21+,22-/m0/s1. The van der Waals surface area contributed by atoms with Gasteiger partial charge in [0, 0.05) is 0 Å². The van der Waals surface area contributed by atoms with Gasteiger partial charge in [-0.1, -0.05) is 13.0 Å². The molecule has 4 fully saturated rings. The molecule has 2 nitrogen and oxygen atoms in total. The lowest BCUT2D eigenvalue weighted by molar-refractivity contribution is -0.117. The fourth-order valence-corrected chi connectivity index (χ4v) is 8.53. The number of aliphatic hydroxyl groups is 1. The first-order valence-electron chi connectivity index (χ1n) is 10.2. The lowest BCUT2D eigenvalue weighted by Crippen LogP contribution is -2.50. The number of Topliss-reactive ketones (excluding diaryl/α,β-unsaturated/α-hetero) is 1. The summed E-state index contributed by atoms with van der Waals surface area (Å²) >= 11 is 0. The van der Waals surface area contributed by atoms with Crippen LogP contribution in [0.5, 0.6) is 0 Å². The molecule has 0 aromatic heterocycles. The monoisotopic (exact) mass is 328 g/mol. The van der Waals surface area contributed by atoms with Crippen LogP contribution in [0.25, 0.3) is 0 Å². The summed E-state index contributed by atoms with van der Waals surface area (Å²) in [4.78, 5) is 12.1. The molecule has 132 valence electrons. The number of hydrogen-bond acceptors (Lipinski definition) is 2. The fourth-order valence-electron chi connectivity index (χ4n) is 8.53. The molecule has 0 heterocycles. The van der Waals surface area contributed by atoms with Crippen LogP contribution in [0.3, 0.4) is 0 Å². The minimum atomic E-state index is -0.424. The molecule has 5 aliphatic carbocycles. The van der Waals surface area contributed by atoms with Gasteiger partial charge >= 0.3 is 0 Å². The van der Waals surface area contributed by atoms with Crippen molar-refractivity contribution < 1.29 is 9.90 Å². The van der Waals surface area contributed by atoms with Crippen LogP contribution in [0.2, 0.25) is 0 Å². The molecule has 1 N–H and O–H groups in total. The number of fused-ring (bicyclic) bond motifs is 3. The van der Waals surface area contributed by atoms with E-state index in [4.69, 9.17) is 0 Å². The van der Waals surface area contributed by atoms with E-state index in [2.05, 4.69) is 19.9 Å². The maximum Gasteiger partial charge on any atom is 0.156 e. The Bertz CT molecular complexity index is 646. The first-order valence-corrected chi connectivity index (χ1v) is 10.2. The Morgan fingerprint density at radius 2 is 1.88 bits per heavy atom. The highest BCUT2D eigenvalue weighted by Crippen LogP contribution is 2.83. The van der Waals surface area contributed by atoms with Gasteiger partial charge in [0.2, 0.25) is 0 Å². The van der Waals surface area contributed by atoms with Crippen LogP contribution < -0.4 is 0 Å². The van der Waals surface area contributed by atoms with Crippen molar-refractivity contribution in [2.75, 3.05) is 0 Å². The highest BCUT2D eigenvalue weighted by Gasteiger charge is 2.76. The third-order valence-electron chi connectivity index (χ3n) is 9.48. The van der Waals surface area contributed by atoms with Gasteiger partial charge in [-0.05, 0) is 111 Å². The van der Waals surface area contributed by atoms with Gasteiger partial charge in [-0.3, -0.25) is 4.79 Å². The zero-order valence-corrected chi connectivity index (χ0v) is 15.5. The lowest BCUT2D eigenvalue weighted by atomic mass is 9.49. The van der Waals surface area contributed by atoms with E-state index >= 15 is 0 Å². The molecular weight excluding hydrogens is 296 g/mol. The molecule has 0 saturated heterocycles. The maximum atomic E-state index is 12.1. The summed E-state index contributed by atoms with van der Waals surface area (Å²) in [5.41, 5.74) is 1.89. The Morgan fingerprint density at radius 1 is 1.08 bits per heavy atom. The van der Waals surface area contributed by atoms with Crippen LogP contribution in [0.1, 0.15) is 78.6 Å². The first kappa shape index (κ1) is 15.6. The summed E-state index contributed by atoms with van der Waals surface area (Å²) < 4.78 is 0. The van der Waals surface area contributed by atoms with E-state index in [1.807, 2.05) is 0 Å². The van der Waals surface area contributed by atoms with E-state index in [0.29, 0.717) is 22.5 Å². The zero-order valence-electron chi connectivity index (χ0n) is 15.5. The van der Waals surface area contributed by atoms with Crippen LogP contribution in [-0.2, 0) is 4.79 Å². The maximum absolute atomic E-state index is 12.1. The molecule has 7 atom stereocenters. The number of allylic oxidation sites excluding steroid dienone is 2. The largest absolute Gasteiger partial charge is 0.390 e. The Labute approximate surface area is 146 Å². The molecule has 24 heavy (non-hydrogen) atoms. The second-order valence-corrected chi connectivity index (χ2v) is 10.6. The van der Waals surface area contributed by atoms with Crippen molar-refractivity contribution in [3.63, 3.8) is 0 Å². The summed E-state index contributed by atoms with van der Waals surface area (Å²) in [6.45, 7) is 6.21. The smallest absolute Gasteiger partial charge is 0.156 e. The molecule has 0 unspecified atom stereocenters. The third-order valence-corrected chi connectivity index (χ3v) is 9.48. The highest BCUT2D eigenvalue weighted by molar-refractivity contribution is 5.95. The molecule has 2 heteroatoms. The molecule has 0 spiro atoms. The van der Waals surface area contributed by atoms with Crippen LogP contribution >= 0.6 is 0 Å². The Balaban J connectivity index is 1.46. The van der Waals surface area contributed by atoms with Gasteiger partial charge < -0.3 is 5.11 Å². The number of ketones is 1. The van der Waals surface area contributed by atoms with Crippen molar-refractivity contribution >= 4 is 5.78 Å². The van der Waals surface area contributed by atoms with E-state index in [1.54, 1.807) is 6.92 Å². The van der Waals surface area contributed by atoms with Crippen molar-refractivity contribution in [2.45, 2.75) is 84.2 Å². The van der Waals surface area contributed by atoms with Crippen LogP contribution in [0.15, 0.2) is 11.6 Å². The summed E-state index contributed by atoms with van der Waals surface area (Å²) in [7, 11) is 0. The fraction of sp³-hybridized carbons (Fsp3) is 0.864. The van der Waals surface area contributed by atoms with E-state index in [9.17, 15) is 9.90 Å². The van der Waals surface area contributed by atoms with Gasteiger partial charge in [-0.25, -0.2) is 0 Å². The van der Waals surface area contributed by atoms with Crippen molar-refractivity contribution in [2.24, 2.45) is 34.0 Å². The van der Waals surface area contributed by atoms with E-state index < -0.39 is 5.60 Å². The molecule has 0 amide bonds. The van der Waals surface area contributed by atoms with Crippen molar-refractivity contribution in [1.29, 1.82) is 0 Å². The average Bonchev–Trinajstić information content (AvgIpc) is 3.03. The second-order valence-electron chi connectivity index (χ2n) is 10.6. The van der Waals surface area contributed by atoms with Gasteiger partial charge in [0.25, 0.3) is 0 Å². The minimum absolute atomic E-state index is 0.151. The molecule has 0 aromatic rings. The molecule has 4 saturated carbocycles. The normalized spacial score (nSPS) is 58.0. The van der Waals surface area contributed by atoms with E-state index in [0.717, 1.165) is 36.7 Å². The van der Waals surface area contributed by atoms with Gasteiger partial charge in [-0.15, -0.1) is 0 Å². The molecular formula is C22H32O2. The zero-order chi connectivity index (χ0) is 17.0. The summed E-state index contributed by atoms with van der Waals surface area (Å²) in [5, 5.41) is 10.6. The third kappa shape index (κ3) is 1.69. The molecule has 5 aliphatic rings. The average molecular weight is 328 g/mol. The Hall–Kier alpha value is -0.630. The second kappa shape index (κ2) is 4.37. The van der Waals surface area contributed by atoms with Gasteiger partial charge in [0.05, 0.1) is 5.60 Å². The molecule has 0 aromatic carbocycles. The number of hydrogen-bond donors (Lipinski definition) is 1. The van der Waals surface area contributed by atoms with Crippen molar-refractivity contribution in [1.82, 2.24) is 0 Å².